The number of aromatic nitrogens is 4. The summed E-state index contributed by atoms with van der Waals surface area (Å²) in [6, 6.07) is 60.1. The fourth-order valence-corrected chi connectivity index (χ4v) is 11.3. The van der Waals surface area contributed by atoms with E-state index in [1.165, 1.54) is 0 Å². The summed E-state index contributed by atoms with van der Waals surface area (Å²) < 4.78 is 21.0. The molecule has 52 heavy (non-hydrogen) atoms. The Balaban J connectivity index is 1.30. The molecule has 0 radical (unpaired) electrons. The molecule has 0 spiro atoms. The van der Waals surface area contributed by atoms with Crippen molar-refractivity contribution in [2.45, 2.75) is 0 Å². The van der Waals surface area contributed by atoms with E-state index < -0.39 is 7.14 Å². The van der Waals surface area contributed by atoms with Crippen molar-refractivity contribution in [2.75, 3.05) is 0 Å². The van der Waals surface area contributed by atoms with Crippen molar-refractivity contribution >= 4 is 94.0 Å². The molecular weight excluding hydrogens is 656 g/mol. The van der Waals surface area contributed by atoms with Gasteiger partial charge in [-0.1, -0.05) is 140 Å². The molecule has 11 rings (SSSR count). The Morgan fingerprint density at radius 3 is 1.67 bits per heavy atom. The van der Waals surface area contributed by atoms with Crippen LogP contribution in [0.5, 0.6) is 0 Å². The molecule has 0 aliphatic carbocycles. The minimum absolute atomic E-state index is 0.732. The smallest absolute Gasteiger partial charge is 0.221 e. The minimum atomic E-state index is -3.49. The molecule has 5 nitrogen and oxygen atoms in total. The van der Waals surface area contributed by atoms with Crippen LogP contribution in [0.2, 0.25) is 0 Å². The van der Waals surface area contributed by atoms with E-state index in [4.69, 9.17) is 9.97 Å². The van der Waals surface area contributed by atoms with Gasteiger partial charge in [0.05, 0.1) is 27.6 Å². The lowest BCUT2D eigenvalue weighted by molar-refractivity contribution is 0.593. The van der Waals surface area contributed by atoms with E-state index in [0.29, 0.717) is 0 Å². The molecule has 0 bridgehead atoms. The summed E-state index contributed by atoms with van der Waals surface area (Å²) in [7, 11) is -3.49. The number of imidazole rings is 1. The summed E-state index contributed by atoms with van der Waals surface area (Å²) in [6.45, 7) is 0. The zero-order valence-corrected chi connectivity index (χ0v) is 28.8. The molecular formula is C46H29N4OP. The molecule has 0 fully saturated rings. The predicted molar refractivity (Wildman–Crippen MR) is 217 cm³/mol. The van der Waals surface area contributed by atoms with E-state index in [1.54, 1.807) is 0 Å². The average Bonchev–Trinajstić information content (AvgIpc) is 3.76. The van der Waals surface area contributed by atoms with Gasteiger partial charge in [0.15, 0.2) is 7.14 Å². The number of hydrogen-bond donors (Lipinski definition) is 0. The van der Waals surface area contributed by atoms with Gasteiger partial charge in [0.25, 0.3) is 0 Å². The van der Waals surface area contributed by atoms with Crippen molar-refractivity contribution in [3.8, 4) is 5.95 Å². The van der Waals surface area contributed by atoms with Gasteiger partial charge in [-0.3, -0.25) is 8.97 Å². The summed E-state index contributed by atoms with van der Waals surface area (Å²) in [5.74, 6) is 0.732. The number of fused-ring (bicyclic) bond motifs is 10. The maximum atomic E-state index is 16.6. The molecule has 0 saturated heterocycles. The third-order valence-corrected chi connectivity index (χ3v) is 13.7. The SMILES string of the molecule is O=P(c1ccc2c3ccccc3n(-c3nc4ccccc4c4nc5ccccc5n34)c2c1)(c1cccc2ccccc12)c1cccc2ccccc12. The molecule has 0 unspecified atom stereocenters. The molecule has 0 saturated carbocycles. The monoisotopic (exact) mass is 684 g/mol. The van der Waals surface area contributed by atoms with Crippen LogP contribution in [0, 0.1) is 0 Å². The molecule has 0 aliphatic heterocycles. The topological polar surface area (TPSA) is 52.2 Å². The third-order valence-electron chi connectivity index (χ3n) is 10.6. The normalized spacial score (nSPS) is 12.3. The molecule has 6 heteroatoms. The highest BCUT2D eigenvalue weighted by Crippen LogP contribution is 2.47. The molecule has 3 aromatic heterocycles. The van der Waals surface area contributed by atoms with Crippen LogP contribution in [0.4, 0.5) is 0 Å². The first-order chi connectivity index (χ1) is 25.7. The minimum Gasteiger partial charge on any atom is -0.309 e. The number of benzene rings is 8. The molecule has 0 aliphatic rings. The average molecular weight is 685 g/mol. The zero-order valence-electron chi connectivity index (χ0n) is 27.9. The van der Waals surface area contributed by atoms with E-state index in [-0.39, 0.29) is 0 Å². The maximum absolute atomic E-state index is 16.6. The van der Waals surface area contributed by atoms with Gasteiger partial charge in [-0.05, 0) is 57.9 Å². The Bertz CT molecular complexity index is 3210. The fourth-order valence-electron chi connectivity index (χ4n) is 8.22. The van der Waals surface area contributed by atoms with Crippen LogP contribution in [-0.2, 0) is 4.57 Å². The standard InChI is InChI=1S/C46H29N4OP/c51-52(43-25-11-15-30-13-1-3-17-33(30)43,44-26-12-16-31-14-2-4-18-34(31)44)32-27-28-36-35-19-6-9-23-40(35)49(42(36)29-32)46-48-38-21-7-5-20-37(38)45-47-39-22-8-10-24-41(39)50(45)46/h1-29H. The summed E-state index contributed by atoms with van der Waals surface area (Å²) in [4.78, 5) is 10.5. The highest BCUT2D eigenvalue weighted by atomic mass is 31.2. The van der Waals surface area contributed by atoms with Gasteiger partial charge in [0.1, 0.15) is 5.65 Å². The summed E-state index contributed by atoms with van der Waals surface area (Å²) in [5, 5.41) is 9.68. The van der Waals surface area contributed by atoms with Crippen molar-refractivity contribution in [2.24, 2.45) is 0 Å². The van der Waals surface area contributed by atoms with Crippen molar-refractivity contribution < 1.29 is 4.57 Å². The first-order valence-electron chi connectivity index (χ1n) is 17.5. The van der Waals surface area contributed by atoms with Crippen LogP contribution < -0.4 is 15.9 Å². The van der Waals surface area contributed by atoms with Gasteiger partial charge < -0.3 is 4.57 Å². The van der Waals surface area contributed by atoms with Crippen molar-refractivity contribution in [1.82, 2.24) is 18.9 Å². The number of rotatable bonds is 4. The molecule has 0 amide bonds. The van der Waals surface area contributed by atoms with Gasteiger partial charge in [0.2, 0.25) is 5.95 Å². The highest BCUT2D eigenvalue weighted by Gasteiger charge is 2.34. The second-order valence-corrected chi connectivity index (χ2v) is 16.0. The third kappa shape index (κ3) is 4.03. The Morgan fingerprint density at radius 1 is 0.423 bits per heavy atom. The molecule has 244 valence electrons. The number of para-hydroxylation sites is 4. The molecule has 3 heterocycles. The van der Waals surface area contributed by atoms with E-state index in [9.17, 15) is 0 Å². The number of hydrogen-bond acceptors (Lipinski definition) is 3. The highest BCUT2D eigenvalue weighted by molar-refractivity contribution is 7.86. The van der Waals surface area contributed by atoms with Crippen LogP contribution in [0.1, 0.15) is 0 Å². The van der Waals surface area contributed by atoms with Gasteiger partial charge in [0, 0.05) is 32.1 Å². The Hall–Kier alpha value is -6.55. The van der Waals surface area contributed by atoms with E-state index >= 15 is 4.57 Å². The fraction of sp³-hybridized carbons (Fsp3) is 0. The second-order valence-electron chi connectivity index (χ2n) is 13.3. The molecule has 8 aromatic carbocycles. The molecule has 0 N–H and O–H groups in total. The first-order valence-corrected chi connectivity index (χ1v) is 19.2. The number of nitrogens with zero attached hydrogens (tertiary/aromatic N) is 4. The van der Waals surface area contributed by atoms with Crippen molar-refractivity contribution in [3.05, 3.63) is 176 Å². The quantitative estimate of drug-likeness (QED) is 0.174. The summed E-state index contributed by atoms with van der Waals surface area (Å²) in [5.41, 5.74) is 5.54. The maximum Gasteiger partial charge on any atom is 0.221 e. The van der Waals surface area contributed by atoms with Gasteiger partial charge in [-0.2, -0.15) is 0 Å². The lowest BCUT2D eigenvalue weighted by Crippen LogP contribution is -2.26. The van der Waals surface area contributed by atoms with Crippen molar-refractivity contribution in [3.63, 3.8) is 0 Å². The van der Waals surface area contributed by atoms with Gasteiger partial charge in [-0.25, -0.2) is 9.97 Å². The lowest BCUT2D eigenvalue weighted by atomic mass is 10.1. The second kappa shape index (κ2) is 11.0. The Kier molecular flexibility index (Phi) is 6.16. The van der Waals surface area contributed by atoms with Crippen LogP contribution in [0.3, 0.4) is 0 Å². The van der Waals surface area contributed by atoms with E-state index in [1.807, 2.05) is 66.7 Å². The predicted octanol–water partition coefficient (Wildman–Crippen LogP) is 10.1. The van der Waals surface area contributed by atoms with Crippen LogP contribution >= 0.6 is 7.14 Å². The van der Waals surface area contributed by atoms with E-state index in [0.717, 1.165) is 92.8 Å². The van der Waals surface area contributed by atoms with Crippen LogP contribution in [0.25, 0.3) is 76.9 Å². The zero-order chi connectivity index (χ0) is 34.4. The molecule has 0 atom stereocenters. The summed E-state index contributed by atoms with van der Waals surface area (Å²) >= 11 is 0. The largest absolute Gasteiger partial charge is 0.309 e. The lowest BCUT2D eigenvalue weighted by Gasteiger charge is -2.23. The Labute approximate surface area is 298 Å². The Morgan fingerprint density at radius 2 is 0.962 bits per heavy atom. The summed E-state index contributed by atoms with van der Waals surface area (Å²) in [6.07, 6.45) is 0. The molecule has 11 aromatic rings. The van der Waals surface area contributed by atoms with Gasteiger partial charge >= 0.3 is 0 Å². The van der Waals surface area contributed by atoms with Gasteiger partial charge in [-0.15, -0.1) is 0 Å². The van der Waals surface area contributed by atoms with Crippen LogP contribution in [0.15, 0.2) is 176 Å². The van der Waals surface area contributed by atoms with E-state index in [2.05, 4.69) is 118 Å². The van der Waals surface area contributed by atoms with Crippen molar-refractivity contribution in [1.29, 1.82) is 0 Å². The first kappa shape index (κ1) is 29.2. The van der Waals surface area contributed by atoms with Crippen LogP contribution in [-0.4, -0.2) is 18.9 Å².